The van der Waals surface area contributed by atoms with Gasteiger partial charge in [-0.2, -0.15) is 5.26 Å². The van der Waals surface area contributed by atoms with Crippen LogP contribution in [-0.2, 0) is 6.42 Å². The number of aromatic nitrogens is 1. The highest BCUT2D eigenvalue weighted by atomic mass is 32.1. The second-order valence-corrected chi connectivity index (χ2v) is 9.15. The monoisotopic (exact) mass is 455 g/mol. The fraction of sp³-hybridized carbons (Fsp3) is 0.192. The molecule has 5 N–H and O–H groups in total. The molecule has 0 fully saturated rings. The maximum absolute atomic E-state index is 12.9. The summed E-state index contributed by atoms with van der Waals surface area (Å²) in [6, 6.07) is 20.1. The van der Waals surface area contributed by atoms with Gasteiger partial charge in [-0.05, 0) is 29.0 Å². The van der Waals surface area contributed by atoms with Crippen molar-refractivity contribution >= 4 is 39.0 Å². The molecule has 0 atom stereocenters. The van der Waals surface area contributed by atoms with Crippen molar-refractivity contribution in [2.24, 2.45) is 0 Å². The Kier molecular flexibility index (Phi) is 6.29. The molecule has 2 heterocycles. The molecule has 1 amide bonds. The number of pyridine rings is 1. The number of fused-ring (bicyclic) bond motifs is 1. The highest BCUT2D eigenvalue weighted by Crippen LogP contribution is 2.42. The van der Waals surface area contributed by atoms with Gasteiger partial charge in [-0.3, -0.25) is 4.79 Å². The van der Waals surface area contributed by atoms with E-state index in [4.69, 9.17) is 11.5 Å². The number of hydrogen-bond donors (Lipinski definition) is 3. The van der Waals surface area contributed by atoms with Gasteiger partial charge in [0.05, 0.1) is 5.69 Å². The minimum atomic E-state index is -0.260. The maximum atomic E-state index is 12.9. The normalized spacial score (nSPS) is 11.0. The fourth-order valence-electron chi connectivity index (χ4n) is 3.82. The average Bonchev–Trinajstić information content (AvgIpc) is 3.14. The Morgan fingerprint density at radius 2 is 1.82 bits per heavy atom. The predicted molar refractivity (Wildman–Crippen MR) is 135 cm³/mol. The number of thiophene rings is 1. The molecule has 33 heavy (non-hydrogen) atoms. The standard InChI is InChI=1S/C26H25N5OS/c1-15(2)17-8-10-18(11-9-17)20-19(14-27)24(29)31-26-21(20)22(28)23(33-26)25(32)30-13-12-16-6-4-3-5-7-16/h3-11,15H,12-13,28H2,1-2H3,(H2,29,31)(H,30,32). The Morgan fingerprint density at radius 1 is 1.12 bits per heavy atom. The van der Waals surface area contributed by atoms with Gasteiger partial charge < -0.3 is 16.8 Å². The first-order valence-electron chi connectivity index (χ1n) is 10.7. The van der Waals surface area contributed by atoms with Crippen molar-refractivity contribution in [2.45, 2.75) is 26.2 Å². The largest absolute Gasteiger partial charge is 0.397 e. The topological polar surface area (TPSA) is 118 Å². The zero-order chi connectivity index (χ0) is 23.5. The summed E-state index contributed by atoms with van der Waals surface area (Å²) in [5, 5.41) is 13.3. The molecule has 0 spiro atoms. The molecule has 7 heteroatoms. The molecular weight excluding hydrogens is 430 g/mol. The van der Waals surface area contributed by atoms with Crippen LogP contribution in [0.4, 0.5) is 11.5 Å². The number of carbonyl (C=O) groups is 1. The van der Waals surface area contributed by atoms with Crippen LogP contribution in [0.5, 0.6) is 0 Å². The summed E-state index contributed by atoms with van der Waals surface area (Å²) in [6.07, 6.45) is 0.717. The van der Waals surface area contributed by atoms with Crippen LogP contribution < -0.4 is 16.8 Å². The average molecular weight is 456 g/mol. The van der Waals surface area contributed by atoms with Crippen molar-refractivity contribution in [1.82, 2.24) is 10.3 Å². The first-order chi connectivity index (χ1) is 15.9. The molecule has 0 saturated heterocycles. The lowest BCUT2D eigenvalue weighted by molar-refractivity contribution is 0.0959. The summed E-state index contributed by atoms with van der Waals surface area (Å²) in [4.78, 5) is 18.2. The maximum Gasteiger partial charge on any atom is 0.263 e. The van der Waals surface area contributed by atoms with E-state index >= 15 is 0 Å². The zero-order valence-corrected chi connectivity index (χ0v) is 19.4. The Labute approximate surface area is 196 Å². The predicted octanol–water partition coefficient (Wildman–Crippen LogP) is 5.10. The number of hydrogen-bond acceptors (Lipinski definition) is 6. The van der Waals surface area contributed by atoms with Crippen molar-refractivity contribution in [1.29, 1.82) is 5.26 Å². The Morgan fingerprint density at radius 3 is 2.45 bits per heavy atom. The van der Waals surface area contributed by atoms with E-state index in [1.54, 1.807) is 0 Å². The summed E-state index contributed by atoms with van der Waals surface area (Å²) >= 11 is 1.19. The van der Waals surface area contributed by atoms with Crippen LogP contribution in [0.3, 0.4) is 0 Å². The lowest BCUT2D eigenvalue weighted by Gasteiger charge is -2.11. The van der Waals surface area contributed by atoms with E-state index in [0.717, 1.165) is 11.1 Å². The van der Waals surface area contributed by atoms with Gasteiger partial charge in [0.2, 0.25) is 0 Å². The van der Waals surface area contributed by atoms with Crippen molar-refractivity contribution < 1.29 is 4.79 Å². The number of nitrogens with zero attached hydrogens (tertiary/aromatic N) is 2. The van der Waals surface area contributed by atoms with E-state index < -0.39 is 0 Å². The number of benzene rings is 2. The Bertz CT molecular complexity index is 1350. The minimum Gasteiger partial charge on any atom is -0.397 e. The van der Waals surface area contributed by atoms with Gasteiger partial charge in [-0.25, -0.2) is 4.98 Å². The molecule has 0 radical (unpaired) electrons. The number of amides is 1. The molecule has 0 bridgehead atoms. The number of nitriles is 1. The lowest BCUT2D eigenvalue weighted by Crippen LogP contribution is -2.25. The van der Waals surface area contributed by atoms with E-state index in [9.17, 15) is 10.1 Å². The number of rotatable bonds is 6. The van der Waals surface area contributed by atoms with Gasteiger partial charge in [0.1, 0.15) is 27.2 Å². The van der Waals surface area contributed by atoms with Crippen LogP contribution in [0.15, 0.2) is 54.6 Å². The third-order valence-corrected chi connectivity index (χ3v) is 6.73. The van der Waals surface area contributed by atoms with Gasteiger partial charge in [0.15, 0.2) is 0 Å². The highest BCUT2D eigenvalue weighted by Gasteiger charge is 2.24. The number of nitrogens with one attached hydrogen (secondary N) is 1. The Balaban J connectivity index is 1.72. The van der Waals surface area contributed by atoms with Gasteiger partial charge in [0, 0.05) is 17.5 Å². The van der Waals surface area contributed by atoms with Crippen molar-refractivity contribution in [3.05, 3.63) is 76.2 Å². The van der Waals surface area contributed by atoms with Gasteiger partial charge in [-0.1, -0.05) is 68.4 Å². The molecule has 0 aliphatic rings. The second kappa shape index (κ2) is 9.31. The van der Waals surface area contributed by atoms with Crippen molar-refractivity contribution in [3.8, 4) is 17.2 Å². The van der Waals surface area contributed by atoms with Crippen LogP contribution >= 0.6 is 11.3 Å². The molecule has 0 saturated carbocycles. The van der Waals surface area contributed by atoms with Gasteiger partial charge >= 0.3 is 0 Å². The van der Waals surface area contributed by atoms with E-state index in [1.807, 2.05) is 54.6 Å². The van der Waals surface area contributed by atoms with Crippen LogP contribution in [0.25, 0.3) is 21.3 Å². The molecular formula is C26H25N5OS. The van der Waals surface area contributed by atoms with Crippen LogP contribution in [0.1, 0.15) is 46.1 Å². The molecule has 0 aliphatic carbocycles. The van der Waals surface area contributed by atoms with E-state index in [2.05, 4.69) is 30.2 Å². The van der Waals surface area contributed by atoms with Crippen LogP contribution in [0, 0.1) is 11.3 Å². The summed E-state index contributed by atoms with van der Waals surface area (Å²) in [7, 11) is 0. The first-order valence-corrected chi connectivity index (χ1v) is 11.6. The second-order valence-electron chi connectivity index (χ2n) is 8.15. The summed E-state index contributed by atoms with van der Waals surface area (Å²) in [6.45, 7) is 4.73. The van der Waals surface area contributed by atoms with E-state index in [1.165, 1.54) is 16.9 Å². The quantitative estimate of drug-likeness (QED) is 0.374. The third kappa shape index (κ3) is 4.38. The number of anilines is 2. The van der Waals surface area contributed by atoms with E-state index in [0.29, 0.717) is 45.2 Å². The zero-order valence-electron chi connectivity index (χ0n) is 18.6. The molecule has 4 aromatic rings. The number of nitrogens with two attached hydrogens (primary N) is 2. The SMILES string of the molecule is CC(C)c1ccc(-c2c(C#N)c(N)nc3sc(C(=O)NCCc4ccccc4)c(N)c23)cc1. The molecule has 0 unspecified atom stereocenters. The van der Waals surface area contributed by atoms with Crippen molar-refractivity contribution in [2.75, 3.05) is 18.0 Å². The summed E-state index contributed by atoms with van der Waals surface area (Å²) in [5.41, 5.74) is 16.9. The third-order valence-electron chi connectivity index (χ3n) is 5.63. The molecule has 6 nitrogen and oxygen atoms in total. The molecule has 2 aromatic heterocycles. The molecule has 166 valence electrons. The first kappa shape index (κ1) is 22.3. The van der Waals surface area contributed by atoms with Crippen molar-refractivity contribution in [3.63, 3.8) is 0 Å². The molecule has 0 aliphatic heterocycles. The van der Waals surface area contributed by atoms with Crippen LogP contribution in [-0.4, -0.2) is 17.4 Å². The van der Waals surface area contributed by atoms with Gasteiger partial charge in [0.25, 0.3) is 5.91 Å². The highest BCUT2D eigenvalue weighted by molar-refractivity contribution is 7.21. The molecule has 4 rings (SSSR count). The smallest absolute Gasteiger partial charge is 0.263 e. The summed E-state index contributed by atoms with van der Waals surface area (Å²) < 4.78 is 0. The van der Waals surface area contributed by atoms with E-state index in [-0.39, 0.29) is 17.3 Å². The van der Waals surface area contributed by atoms with Gasteiger partial charge in [-0.15, -0.1) is 11.3 Å². The summed E-state index contributed by atoms with van der Waals surface area (Å²) in [5.74, 6) is 0.254. The minimum absolute atomic E-state index is 0.130. The van der Waals surface area contributed by atoms with Crippen LogP contribution in [0.2, 0.25) is 0 Å². The Hall–Kier alpha value is -3.89. The number of nitrogen functional groups attached to an aromatic ring is 2. The number of carbonyl (C=O) groups excluding carboxylic acids is 1. The lowest BCUT2D eigenvalue weighted by atomic mass is 9.94. The molecule has 2 aromatic carbocycles. The fourth-order valence-corrected chi connectivity index (χ4v) is 4.85.